The van der Waals surface area contributed by atoms with E-state index in [0.29, 0.717) is 28.7 Å². The normalized spacial score (nSPS) is 10.6. The van der Waals surface area contributed by atoms with E-state index in [2.05, 4.69) is 15.6 Å². The number of hydrogen-bond acceptors (Lipinski definition) is 4. The second-order valence-electron chi connectivity index (χ2n) is 6.49. The average molecular weight is 378 g/mol. The van der Waals surface area contributed by atoms with Crippen LogP contribution >= 0.6 is 0 Å². The highest BCUT2D eigenvalue weighted by atomic mass is 16.2. The number of hydrogen-bond donors (Lipinski definition) is 2. The number of rotatable bonds is 6. The van der Waals surface area contributed by atoms with Gasteiger partial charge in [0.15, 0.2) is 0 Å². The highest BCUT2D eigenvalue weighted by Crippen LogP contribution is 2.16. The van der Waals surface area contributed by atoms with Crippen molar-refractivity contribution >= 4 is 34.1 Å². The van der Waals surface area contributed by atoms with Gasteiger partial charge in [-0.05, 0) is 36.8 Å². The van der Waals surface area contributed by atoms with Gasteiger partial charge in [-0.1, -0.05) is 25.1 Å². The van der Waals surface area contributed by atoms with Crippen molar-refractivity contribution in [1.29, 1.82) is 0 Å². The van der Waals surface area contributed by atoms with Gasteiger partial charge in [0.25, 0.3) is 5.56 Å². The van der Waals surface area contributed by atoms with E-state index < -0.39 is 0 Å². The molecule has 3 aromatic rings. The second-order valence-corrected chi connectivity index (χ2v) is 6.49. The fourth-order valence-corrected chi connectivity index (χ4v) is 2.87. The van der Waals surface area contributed by atoms with Crippen LogP contribution in [-0.4, -0.2) is 21.4 Å². The molecular formula is C21H22N4O3. The van der Waals surface area contributed by atoms with Gasteiger partial charge in [0.05, 0.1) is 17.2 Å². The summed E-state index contributed by atoms with van der Waals surface area (Å²) in [6, 6.07) is 12.4. The molecule has 2 aromatic carbocycles. The number of nitrogens with zero attached hydrogens (tertiary/aromatic N) is 2. The molecule has 2 N–H and O–H groups in total. The summed E-state index contributed by atoms with van der Waals surface area (Å²) >= 11 is 0. The maximum Gasteiger partial charge on any atom is 0.261 e. The van der Waals surface area contributed by atoms with Crippen LogP contribution in [0.15, 0.2) is 53.6 Å². The van der Waals surface area contributed by atoms with Crippen molar-refractivity contribution in [1.82, 2.24) is 9.55 Å². The third-order valence-electron chi connectivity index (χ3n) is 4.39. The number of aromatic nitrogens is 2. The van der Waals surface area contributed by atoms with Crippen molar-refractivity contribution in [2.45, 2.75) is 33.2 Å². The van der Waals surface area contributed by atoms with E-state index in [9.17, 15) is 14.4 Å². The van der Waals surface area contributed by atoms with Gasteiger partial charge < -0.3 is 10.6 Å². The fraction of sp³-hybridized carbons (Fsp3) is 0.238. The van der Waals surface area contributed by atoms with E-state index in [1.54, 1.807) is 37.3 Å². The molecule has 0 aliphatic rings. The summed E-state index contributed by atoms with van der Waals surface area (Å²) in [5.41, 5.74) is 2.66. The Balaban J connectivity index is 1.66. The summed E-state index contributed by atoms with van der Waals surface area (Å²) in [6.07, 6.45) is 1.99. The van der Waals surface area contributed by atoms with Crippen molar-refractivity contribution in [3.8, 4) is 0 Å². The van der Waals surface area contributed by atoms with Gasteiger partial charge in [-0.2, -0.15) is 0 Å². The first-order chi connectivity index (χ1) is 13.5. The minimum atomic E-state index is -0.227. The first kappa shape index (κ1) is 19.3. The fourth-order valence-electron chi connectivity index (χ4n) is 2.87. The molecule has 7 nitrogen and oxygen atoms in total. The minimum Gasteiger partial charge on any atom is -0.326 e. The first-order valence-electron chi connectivity index (χ1n) is 9.12. The molecule has 0 spiro atoms. The quantitative estimate of drug-likeness (QED) is 0.689. The van der Waals surface area contributed by atoms with E-state index in [1.807, 2.05) is 19.1 Å². The Bertz CT molecular complexity index is 1090. The summed E-state index contributed by atoms with van der Waals surface area (Å²) in [4.78, 5) is 40.7. The maximum atomic E-state index is 12.6. The van der Waals surface area contributed by atoms with Crippen LogP contribution in [0.2, 0.25) is 0 Å². The van der Waals surface area contributed by atoms with Crippen LogP contribution in [0.4, 0.5) is 11.4 Å². The van der Waals surface area contributed by atoms with Crippen molar-refractivity contribution in [2.24, 2.45) is 0 Å². The topological polar surface area (TPSA) is 93.1 Å². The second kappa shape index (κ2) is 8.47. The standard InChI is InChI=1S/C21H22N4O3/c1-3-18(26)23-15-7-5-8-16(12-15)24-19(27)10-11-25-13-22-20-14(2)6-4-9-17(20)21(25)28/h4-9,12-13H,3,10-11H2,1-2H3,(H,23,26)(H,24,27). The lowest BCUT2D eigenvalue weighted by Gasteiger charge is -2.10. The van der Waals surface area contributed by atoms with Crippen molar-refractivity contribution in [3.05, 3.63) is 64.7 Å². The summed E-state index contributed by atoms with van der Waals surface area (Å²) < 4.78 is 1.44. The number of para-hydroxylation sites is 1. The third-order valence-corrected chi connectivity index (χ3v) is 4.39. The molecule has 0 atom stereocenters. The predicted molar refractivity (Wildman–Crippen MR) is 109 cm³/mol. The zero-order chi connectivity index (χ0) is 20.1. The molecule has 1 aromatic heterocycles. The molecule has 0 aliphatic carbocycles. The van der Waals surface area contributed by atoms with Gasteiger partial charge in [0, 0.05) is 30.8 Å². The van der Waals surface area contributed by atoms with Gasteiger partial charge in [0.2, 0.25) is 11.8 Å². The summed E-state index contributed by atoms with van der Waals surface area (Å²) in [7, 11) is 0. The average Bonchev–Trinajstić information content (AvgIpc) is 2.68. The monoisotopic (exact) mass is 378 g/mol. The maximum absolute atomic E-state index is 12.6. The molecule has 1 heterocycles. The molecule has 144 valence electrons. The Morgan fingerprint density at radius 2 is 1.71 bits per heavy atom. The zero-order valence-electron chi connectivity index (χ0n) is 15.9. The van der Waals surface area contributed by atoms with Crippen LogP contribution in [-0.2, 0) is 16.1 Å². The SMILES string of the molecule is CCC(=O)Nc1cccc(NC(=O)CCn2cnc3c(C)cccc3c2=O)c1. The van der Waals surface area contributed by atoms with Crippen molar-refractivity contribution in [3.63, 3.8) is 0 Å². The number of carbonyl (C=O) groups is 2. The highest BCUT2D eigenvalue weighted by molar-refractivity contribution is 5.94. The van der Waals surface area contributed by atoms with Gasteiger partial charge >= 0.3 is 0 Å². The first-order valence-corrected chi connectivity index (χ1v) is 9.12. The molecule has 0 bridgehead atoms. The van der Waals surface area contributed by atoms with Crippen LogP contribution in [0.25, 0.3) is 10.9 Å². The van der Waals surface area contributed by atoms with Gasteiger partial charge in [0.1, 0.15) is 0 Å². The molecule has 0 saturated carbocycles. The summed E-state index contributed by atoms with van der Waals surface area (Å²) in [6.45, 7) is 3.91. The highest BCUT2D eigenvalue weighted by Gasteiger charge is 2.09. The molecule has 7 heteroatoms. The lowest BCUT2D eigenvalue weighted by atomic mass is 10.1. The minimum absolute atomic E-state index is 0.0955. The molecule has 2 amide bonds. The number of anilines is 2. The third kappa shape index (κ3) is 4.43. The predicted octanol–water partition coefficient (Wildman–Crippen LogP) is 3.08. The van der Waals surface area contributed by atoms with E-state index in [0.717, 1.165) is 5.56 Å². The van der Waals surface area contributed by atoms with Crippen molar-refractivity contribution in [2.75, 3.05) is 10.6 Å². The Kier molecular flexibility index (Phi) is 5.84. The largest absolute Gasteiger partial charge is 0.326 e. The van der Waals surface area contributed by atoms with Gasteiger partial charge in [-0.25, -0.2) is 4.98 Å². The molecule has 3 rings (SSSR count). The number of amides is 2. The molecule has 0 saturated heterocycles. The van der Waals surface area contributed by atoms with E-state index in [-0.39, 0.29) is 30.3 Å². The van der Waals surface area contributed by atoms with E-state index in [1.165, 1.54) is 10.9 Å². The Hall–Kier alpha value is -3.48. The van der Waals surface area contributed by atoms with Crippen LogP contribution in [0, 0.1) is 6.92 Å². The van der Waals surface area contributed by atoms with Gasteiger partial charge in [-0.3, -0.25) is 19.0 Å². The molecule has 0 fully saturated rings. The number of fused-ring (bicyclic) bond motifs is 1. The van der Waals surface area contributed by atoms with E-state index in [4.69, 9.17) is 0 Å². The van der Waals surface area contributed by atoms with Crippen LogP contribution < -0.4 is 16.2 Å². The molecule has 0 unspecified atom stereocenters. The molecule has 28 heavy (non-hydrogen) atoms. The van der Waals surface area contributed by atoms with E-state index >= 15 is 0 Å². The lowest BCUT2D eigenvalue weighted by molar-refractivity contribution is -0.117. The Morgan fingerprint density at radius 1 is 1.04 bits per heavy atom. The summed E-state index contributed by atoms with van der Waals surface area (Å²) in [5.74, 6) is -0.322. The molecular weight excluding hydrogens is 356 g/mol. The Labute approximate surface area is 162 Å². The van der Waals surface area contributed by atoms with Crippen molar-refractivity contribution < 1.29 is 9.59 Å². The molecule has 0 aliphatic heterocycles. The number of nitrogens with one attached hydrogen (secondary N) is 2. The van der Waals surface area contributed by atoms with Crippen LogP contribution in [0.5, 0.6) is 0 Å². The lowest BCUT2D eigenvalue weighted by Crippen LogP contribution is -2.23. The number of carbonyl (C=O) groups excluding carboxylic acids is 2. The smallest absolute Gasteiger partial charge is 0.261 e. The summed E-state index contributed by atoms with van der Waals surface area (Å²) in [5, 5.41) is 6.08. The van der Waals surface area contributed by atoms with Crippen LogP contribution in [0.1, 0.15) is 25.3 Å². The van der Waals surface area contributed by atoms with Gasteiger partial charge in [-0.15, -0.1) is 0 Å². The van der Waals surface area contributed by atoms with Crippen LogP contribution in [0.3, 0.4) is 0 Å². The number of aryl methyl sites for hydroxylation is 2. The zero-order valence-corrected chi connectivity index (χ0v) is 15.9. The molecule has 0 radical (unpaired) electrons. The Morgan fingerprint density at radius 3 is 2.43 bits per heavy atom. The number of benzene rings is 2.